The van der Waals surface area contributed by atoms with Crippen molar-refractivity contribution in [2.75, 3.05) is 0 Å². The van der Waals surface area contributed by atoms with Gasteiger partial charge in [-0.05, 0) is 0 Å². The molecule has 0 aliphatic heterocycles. The first-order chi connectivity index (χ1) is 6.82. The van der Waals surface area contributed by atoms with Crippen LogP contribution in [0.4, 0.5) is 29.6 Å². The van der Waals surface area contributed by atoms with Crippen LogP contribution in [0.3, 0.4) is 0 Å². The van der Waals surface area contributed by atoms with E-state index in [1.807, 2.05) is 0 Å². The minimum Gasteiger partial charge on any atom is -0.832 e. The van der Waals surface area contributed by atoms with E-state index in [0.717, 1.165) is 0 Å². The van der Waals surface area contributed by atoms with Gasteiger partial charge in [0.2, 0.25) is 0 Å². The Labute approximate surface area is 125 Å². The average molecular weight is 358 g/mol. The minimum absolute atomic E-state index is 0. The van der Waals surface area contributed by atoms with Crippen LogP contribution in [0.1, 0.15) is 0 Å². The Morgan fingerprint density at radius 3 is 0.895 bits per heavy atom. The van der Waals surface area contributed by atoms with Gasteiger partial charge in [-0.25, -0.2) is 9.59 Å². The van der Waals surface area contributed by atoms with Crippen LogP contribution in [-0.4, -0.2) is 43.6 Å². The molecule has 0 saturated carbocycles. The van der Waals surface area contributed by atoms with Crippen molar-refractivity contribution in [3.63, 3.8) is 0 Å². The smallest absolute Gasteiger partial charge is 0.832 e. The Kier molecular flexibility index (Phi) is 15.7. The summed E-state index contributed by atoms with van der Waals surface area (Å²) in [5, 5.41) is 22.8. The molecule has 17 heteroatoms. The van der Waals surface area contributed by atoms with Gasteiger partial charge >= 0.3 is 92.1 Å². The normalized spacial score (nSPS) is 12.4. The molecule has 5 nitrogen and oxygen atoms in total. The van der Waals surface area contributed by atoms with Crippen LogP contribution in [-0.2, 0) is 9.59 Å². The van der Waals surface area contributed by atoms with Crippen molar-refractivity contribution in [1.29, 1.82) is 0 Å². The van der Waals surface area contributed by atoms with E-state index in [0.29, 0.717) is 0 Å². The van der Waals surface area contributed by atoms with Crippen LogP contribution >= 0.6 is 0 Å². The largest absolute Gasteiger partial charge is 1.00 e. The van der Waals surface area contributed by atoms with E-state index in [2.05, 4.69) is 0 Å². The zero-order chi connectivity index (χ0) is 15.1. The fourth-order valence-corrected chi connectivity index (χ4v) is 0. The third-order valence-corrected chi connectivity index (χ3v) is 0.155. The van der Waals surface area contributed by atoms with E-state index in [4.69, 9.17) is 24.7 Å². The molecule has 0 radical (unpaired) electrons. The third kappa shape index (κ3) is 250. The Morgan fingerprint density at radius 2 is 0.895 bits per heavy atom. The first-order valence-corrected chi connectivity index (χ1v) is 7.06. The van der Waals surface area contributed by atoms with Gasteiger partial charge in [-0.2, -0.15) is 8.78 Å². The molecule has 0 amide bonds. The van der Waals surface area contributed by atoms with Gasteiger partial charge in [0.25, 0.3) is 0 Å². The first-order valence-electron chi connectivity index (χ1n) is 2.80. The summed E-state index contributed by atoms with van der Waals surface area (Å²) in [5.74, 6) is 0. The molecule has 106 valence electrons. The Bertz CT molecular complexity index is 252. The summed E-state index contributed by atoms with van der Waals surface area (Å²) in [6.45, 7) is 0. The predicted molar refractivity (Wildman–Crippen MR) is 34.8 cm³/mol. The maximum Gasteiger partial charge on any atom is 1.00 e. The number of carbonyl (C=O) groups is 2. The zero-order valence-electron chi connectivity index (χ0n) is 9.17. The van der Waals surface area contributed by atoms with Crippen molar-refractivity contribution < 1.29 is 92.0 Å². The molecular weight excluding hydrogens is 356 g/mol. The van der Waals surface area contributed by atoms with Crippen LogP contribution in [0, 0.1) is 0 Å². The van der Waals surface area contributed by atoms with Gasteiger partial charge in [0.1, 0.15) is 0 Å². The van der Waals surface area contributed by atoms with Crippen LogP contribution in [0.2, 0.25) is 0 Å². The summed E-state index contributed by atoms with van der Waals surface area (Å²) >= 11 is -11.1. The number of carbonyl (C=O) groups excluding carboxylic acids is 2. The molecule has 0 aromatic heterocycles. The second kappa shape index (κ2) is 9.42. The molecule has 0 aliphatic carbocycles. The van der Waals surface area contributed by atoms with E-state index in [9.17, 15) is 29.6 Å². The Balaban J connectivity index is -0.0000000506. The molecular formula is C2H2AsBF8Li2O5. The standard InChI is InChI=1S/C2F2O2.AsF6.BH2O3.2Li/c3-1(5)2(4)6;2-1(3,4,5,6)7;2-1(3)4;;/h;;2-3H;;/q;2*-1;2*+1. The van der Waals surface area contributed by atoms with Gasteiger partial charge in [-0.1, -0.05) is 0 Å². The van der Waals surface area contributed by atoms with Crippen molar-refractivity contribution >= 4 is 33.6 Å². The summed E-state index contributed by atoms with van der Waals surface area (Å²) in [5.41, 5.74) is 0. The van der Waals surface area contributed by atoms with E-state index in [1.54, 1.807) is 0 Å². The van der Waals surface area contributed by atoms with E-state index in [-0.39, 0.29) is 37.7 Å². The molecule has 0 saturated heterocycles. The quantitative estimate of drug-likeness (QED) is 0.210. The summed E-state index contributed by atoms with van der Waals surface area (Å²) < 4.78 is 80.4. The number of halogens is 8. The summed E-state index contributed by atoms with van der Waals surface area (Å²) in [7, 11) is -2.42. The van der Waals surface area contributed by atoms with Gasteiger partial charge in [0, 0.05) is 0 Å². The van der Waals surface area contributed by atoms with E-state index < -0.39 is 33.6 Å². The summed E-state index contributed by atoms with van der Waals surface area (Å²) in [4.78, 5) is 17.5. The molecule has 0 unspecified atom stereocenters. The Hall–Kier alpha value is 0.478. The molecule has 0 atom stereocenters. The SMILES string of the molecule is F[As-](F)(F)(F)(F)F.O=C(F)C(=O)F.[Li+].[Li+].[O-]B(O)O. The van der Waals surface area contributed by atoms with Gasteiger partial charge in [0.15, 0.2) is 0 Å². The van der Waals surface area contributed by atoms with E-state index in [1.165, 1.54) is 0 Å². The van der Waals surface area contributed by atoms with E-state index >= 15 is 0 Å². The Morgan fingerprint density at radius 1 is 0.842 bits per heavy atom. The topological polar surface area (TPSA) is 97.7 Å². The predicted octanol–water partition coefficient (Wildman–Crippen LogP) is -6.56. The average Bonchev–Trinajstić information content (AvgIpc) is 1.76. The molecule has 0 aromatic carbocycles. The van der Waals surface area contributed by atoms with Crippen molar-refractivity contribution in [2.45, 2.75) is 0 Å². The van der Waals surface area contributed by atoms with Crippen LogP contribution in [0.15, 0.2) is 0 Å². The van der Waals surface area contributed by atoms with Crippen molar-refractivity contribution in [1.82, 2.24) is 0 Å². The number of hydrogen-bond acceptors (Lipinski definition) is 5. The van der Waals surface area contributed by atoms with Crippen LogP contribution < -0.4 is 42.7 Å². The maximum absolute atomic E-state index is 11.1. The molecule has 0 rings (SSSR count). The minimum atomic E-state index is -11.1. The van der Waals surface area contributed by atoms with Gasteiger partial charge < -0.3 is 15.1 Å². The molecule has 2 N–H and O–H groups in total. The molecule has 0 aromatic rings. The monoisotopic (exact) mass is 358 g/mol. The molecule has 0 aliphatic rings. The second-order valence-corrected chi connectivity index (χ2v) is 5.85. The zero-order valence-corrected chi connectivity index (χ0v) is 11.0. The van der Waals surface area contributed by atoms with Crippen LogP contribution in [0.5, 0.6) is 0 Å². The van der Waals surface area contributed by atoms with Crippen molar-refractivity contribution in [3.05, 3.63) is 0 Å². The summed E-state index contributed by atoms with van der Waals surface area (Å²) in [6.07, 6.45) is 0. The first kappa shape index (κ1) is 31.7. The molecule has 0 fully saturated rings. The fourth-order valence-electron chi connectivity index (χ4n) is 0. The van der Waals surface area contributed by atoms with Crippen molar-refractivity contribution in [2.24, 2.45) is 0 Å². The van der Waals surface area contributed by atoms with Gasteiger partial charge in [-0.3, -0.25) is 0 Å². The summed E-state index contributed by atoms with van der Waals surface area (Å²) in [6, 6.07) is -5.09. The second-order valence-electron chi connectivity index (χ2n) is 1.83. The molecule has 0 heterocycles. The van der Waals surface area contributed by atoms with Crippen LogP contribution in [0.25, 0.3) is 0 Å². The number of rotatable bonds is 1. The number of hydrogen-bond donors (Lipinski definition) is 2. The molecule has 19 heavy (non-hydrogen) atoms. The van der Waals surface area contributed by atoms with Crippen molar-refractivity contribution in [3.8, 4) is 0 Å². The van der Waals surface area contributed by atoms with Gasteiger partial charge in [0.05, 0.1) is 0 Å². The molecule has 0 bridgehead atoms. The molecule has 0 spiro atoms. The van der Waals surface area contributed by atoms with Gasteiger partial charge in [-0.15, -0.1) is 0 Å². The fraction of sp³-hybridized carbons (Fsp3) is 0. The third-order valence-electron chi connectivity index (χ3n) is 0.155. The maximum atomic E-state index is 10.5.